The number of aryl methyl sites for hydroxylation is 1. The minimum absolute atomic E-state index is 0.0794. The molecular formula is C15H20N4O2. The number of nitrogens with zero attached hydrogens (tertiary/aromatic N) is 2. The largest absolute Gasteiger partial charge is 0.394 e. The average Bonchev–Trinajstić information content (AvgIpc) is 2.91. The summed E-state index contributed by atoms with van der Waals surface area (Å²) >= 11 is 0. The molecule has 1 aromatic heterocycles. The maximum atomic E-state index is 12.0. The van der Waals surface area contributed by atoms with E-state index in [-0.39, 0.29) is 18.7 Å². The fourth-order valence-electron chi connectivity index (χ4n) is 1.95. The Morgan fingerprint density at radius 2 is 2.14 bits per heavy atom. The summed E-state index contributed by atoms with van der Waals surface area (Å²) < 4.78 is 1.72. The Morgan fingerprint density at radius 1 is 1.38 bits per heavy atom. The van der Waals surface area contributed by atoms with E-state index >= 15 is 0 Å². The summed E-state index contributed by atoms with van der Waals surface area (Å²) in [5, 5.41) is 19.0. The van der Waals surface area contributed by atoms with Crippen LogP contribution in [-0.2, 0) is 0 Å². The van der Waals surface area contributed by atoms with Gasteiger partial charge in [0.25, 0.3) is 0 Å². The molecule has 0 radical (unpaired) electrons. The molecule has 1 unspecified atom stereocenters. The lowest BCUT2D eigenvalue weighted by Crippen LogP contribution is -2.39. The van der Waals surface area contributed by atoms with Crippen LogP contribution in [0.15, 0.2) is 36.5 Å². The number of benzene rings is 1. The lowest BCUT2D eigenvalue weighted by molar-refractivity contribution is 0.222. The Morgan fingerprint density at radius 3 is 2.76 bits per heavy atom. The number of carbonyl (C=O) groups is 1. The minimum atomic E-state index is -0.341. The number of aliphatic hydroxyl groups excluding tert-OH is 1. The molecule has 2 rings (SSSR count). The summed E-state index contributed by atoms with van der Waals surface area (Å²) in [6, 6.07) is 8.74. The average molecular weight is 288 g/mol. The molecular weight excluding hydrogens is 268 g/mol. The molecule has 21 heavy (non-hydrogen) atoms. The van der Waals surface area contributed by atoms with Gasteiger partial charge in [0.05, 0.1) is 29.7 Å². The zero-order chi connectivity index (χ0) is 15.2. The van der Waals surface area contributed by atoms with Crippen LogP contribution in [0.3, 0.4) is 0 Å². The summed E-state index contributed by atoms with van der Waals surface area (Å²) in [5.41, 5.74) is 2.35. The van der Waals surface area contributed by atoms with Crippen LogP contribution in [0.4, 0.5) is 10.5 Å². The van der Waals surface area contributed by atoms with Gasteiger partial charge in [-0.05, 0) is 31.5 Å². The number of anilines is 1. The van der Waals surface area contributed by atoms with Crippen LogP contribution in [-0.4, -0.2) is 33.6 Å². The van der Waals surface area contributed by atoms with Crippen molar-refractivity contribution in [3.63, 3.8) is 0 Å². The number of aromatic nitrogens is 2. The Balaban J connectivity index is 2.15. The number of nitrogens with one attached hydrogen (secondary N) is 2. The Bertz CT molecular complexity index is 605. The van der Waals surface area contributed by atoms with Gasteiger partial charge in [0.15, 0.2) is 0 Å². The van der Waals surface area contributed by atoms with Crippen LogP contribution in [0.1, 0.15) is 19.0 Å². The van der Waals surface area contributed by atoms with E-state index in [1.54, 1.807) is 4.68 Å². The zero-order valence-electron chi connectivity index (χ0n) is 12.2. The Hall–Kier alpha value is -2.34. The van der Waals surface area contributed by atoms with Crippen LogP contribution >= 0.6 is 0 Å². The molecule has 0 bridgehead atoms. The predicted octanol–water partition coefficient (Wildman–Crippen LogP) is 2.07. The molecule has 0 saturated carbocycles. The maximum absolute atomic E-state index is 12.0. The Labute approximate surface area is 123 Å². The second kappa shape index (κ2) is 6.90. The van der Waals surface area contributed by atoms with E-state index in [4.69, 9.17) is 5.11 Å². The topological polar surface area (TPSA) is 79.2 Å². The van der Waals surface area contributed by atoms with Gasteiger partial charge in [0.2, 0.25) is 0 Å². The van der Waals surface area contributed by atoms with Gasteiger partial charge < -0.3 is 15.7 Å². The third kappa shape index (κ3) is 3.82. The number of hydrogen-bond donors (Lipinski definition) is 3. The van der Waals surface area contributed by atoms with Crippen molar-refractivity contribution in [3.05, 3.63) is 42.2 Å². The van der Waals surface area contributed by atoms with E-state index in [1.807, 2.05) is 50.4 Å². The van der Waals surface area contributed by atoms with Crippen molar-refractivity contribution in [2.24, 2.45) is 0 Å². The molecule has 1 atom stereocenters. The quantitative estimate of drug-likeness (QED) is 0.788. The highest BCUT2D eigenvalue weighted by molar-refractivity contribution is 5.91. The summed E-state index contributed by atoms with van der Waals surface area (Å²) in [5.74, 6) is 0. The number of rotatable bonds is 5. The fraction of sp³-hybridized carbons (Fsp3) is 0.333. The van der Waals surface area contributed by atoms with Gasteiger partial charge in [-0.3, -0.25) is 0 Å². The monoisotopic (exact) mass is 288 g/mol. The number of aliphatic hydroxyl groups is 1. The number of amides is 2. The van der Waals surface area contributed by atoms with Gasteiger partial charge >= 0.3 is 6.03 Å². The van der Waals surface area contributed by atoms with E-state index in [9.17, 15) is 4.79 Å². The molecule has 1 aromatic carbocycles. The molecule has 0 aliphatic carbocycles. The smallest absolute Gasteiger partial charge is 0.319 e. The highest BCUT2D eigenvalue weighted by Gasteiger charge is 2.11. The Kier molecular flexibility index (Phi) is 4.94. The molecule has 1 heterocycles. The van der Waals surface area contributed by atoms with E-state index in [0.717, 1.165) is 11.4 Å². The third-order valence-corrected chi connectivity index (χ3v) is 3.17. The van der Waals surface area contributed by atoms with Crippen LogP contribution in [0.5, 0.6) is 0 Å². The molecule has 3 N–H and O–H groups in total. The van der Waals surface area contributed by atoms with Gasteiger partial charge in [0, 0.05) is 6.20 Å². The SMILES string of the molecule is CCC(CO)NC(=O)Nc1ccccc1-n1ccc(C)n1. The molecule has 6 heteroatoms. The second-order valence-corrected chi connectivity index (χ2v) is 4.81. The first-order valence-corrected chi connectivity index (χ1v) is 6.94. The second-order valence-electron chi connectivity index (χ2n) is 4.81. The number of para-hydroxylation sites is 2. The lowest BCUT2D eigenvalue weighted by Gasteiger charge is -2.16. The van der Waals surface area contributed by atoms with E-state index in [0.29, 0.717) is 12.1 Å². The standard InChI is InChI=1S/C15H20N4O2/c1-3-12(10-20)16-15(21)17-13-6-4-5-7-14(13)19-9-8-11(2)18-19/h4-9,12,20H,3,10H2,1-2H3,(H2,16,17,21). The van der Waals surface area contributed by atoms with Crippen molar-refractivity contribution in [2.75, 3.05) is 11.9 Å². The van der Waals surface area contributed by atoms with Crippen molar-refractivity contribution in [3.8, 4) is 5.69 Å². The van der Waals surface area contributed by atoms with Crippen LogP contribution < -0.4 is 10.6 Å². The van der Waals surface area contributed by atoms with Crippen molar-refractivity contribution in [1.82, 2.24) is 15.1 Å². The molecule has 2 aromatic rings. The third-order valence-electron chi connectivity index (χ3n) is 3.17. The predicted molar refractivity (Wildman–Crippen MR) is 81.6 cm³/mol. The van der Waals surface area contributed by atoms with Gasteiger partial charge in [-0.2, -0.15) is 5.10 Å². The normalized spacial score (nSPS) is 12.0. The van der Waals surface area contributed by atoms with Crippen molar-refractivity contribution in [2.45, 2.75) is 26.3 Å². The highest BCUT2D eigenvalue weighted by Crippen LogP contribution is 2.19. The van der Waals surface area contributed by atoms with Gasteiger partial charge in [0.1, 0.15) is 0 Å². The number of hydrogen-bond acceptors (Lipinski definition) is 3. The molecule has 0 saturated heterocycles. The molecule has 112 valence electrons. The lowest BCUT2D eigenvalue weighted by atomic mass is 10.2. The van der Waals surface area contributed by atoms with E-state index in [1.165, 1.54) is 0 Å². The minimum Gasteiger partial charge on any atom is -0.394 e. The van der Waals surface area contributed by atoms with Crippen molar-refractivity contribution < 1.29 is 9.90 Å². The number of carbonyl (C=O) groups excluding carboxylic acids is 1. The summed E-state index contributed by atoms with van der Waals surface area (Å²) in [4.78, 5) is 12.0. The summed E-state index contributed by atoms with van der Waals surface area (Å²) in [7, 11) is 0. The molecule has 0 aliphatic heterocycles. The molecule has 6 nitrogen and oxygen atoms in total. The first-order valence-electron chi connectivity index (χ1n) is 6.94. The van der Waals surface area contributed by atoms with Gasteiger partial charge in [-0.15, -0.1) is 0 Å². The van der Waals surface area contributed by atoms with Crippen molar-refractivity contribution in [1.29, 1.82) is 0 Å². The molecule has 0 spiro atoms. The maximum Gasteiger partial charge on any atom is 0.319 e. The first kappa shape index (κ1) is 15.1. The molecule has 0 fully saturated rings. The van der Waals surface area contributed by atoms with E-state index < -0.39 is 0 Å². The summed E-state index contributed by atoms with van der Waals surface area (Å²) in [6.07, 6.45) is 2.51. The molecule has 0 aliphatic rings. The van der Waals surface area contributed by atoms with Gasteiger partial charge in [-0.25, -0.2) is 9.48 Å². The summed E-state index contributed by atoms with van der Waals surface area (Å²) in [6.45, 7) is 3.73. The van der Waals surface area contributed by atoms with E-state index in [2.05, 4.69) is 15.7 Å². The first-order chi connectivity index (χ1) is 10.1. The highest BCUT2D eigenvalue weighted by atomic mass is 16.3. The van der Waals surface area contributed by atoms with Crippen LogP contribution in [0.2, 0.25) is 0 Å². The van der Waals surface area contributed by atoms with Gasteiger partial charge in [-0.1, -0.05) is 19.1 Å². The zero-order valence-corrected chi connectivity index (χ0v) is 12.2. The fourth-order valence-corrected chi connectivity index (χ4v) is 1.95. The van der Waals surface area contributed by atoms with Crippen LogP contribution in [0.25, 0.3) is 5.69 Å². The molecule has 2 amide bonds. The number of urea groups is 1. The van der Waals surface area contributed by atoms with Crippen molar-refractivity contribution >= 4 is 11.7 Å². The van der Waals surface area contributed by atoms with Crippen LogP contribution in [0, 0.1) is 6.92 Å².